The highest BCUT2D eigenvalue weighted by atomic mass is 32.1. The molecular weight excluding hydrogens is 276 g/mol. The van der Waals surface area contributed by atoms with Crippen LogP contribution in [0.15, 0.2) is 54.6 Å². The topological polar surface area (TPSA) is 63.6 Å². The molecule has 0 aliphatic heterocycles. The van der Waals surface area contributed by atoms with Crippen LogP contribution in [0.3, 0.4) is 0 Å². The second kappa shape index (κ2) is 6.25. The van der Waals surface area contributed by atoms with Gasteiger partial charge >= 0.3 is 11.9 Å². The van der Waals surface area contributed by atoms with Crippen LogP contribution in [-0.2, 0) is 4.74 Å². The van der Waals surface area contributed by atoms with Crippen LogP contribution in [0.25, 0.3) is 0 Å². The molecule has 20 heavy (non-hydrogen) atoms. The lowest BCUT2D eigenvalue weighted by molar-refractivity contribution is 0.0451. The third-order valence-corrected chi connectivity index (χ3v) is 3.08. The SMILES string of the molecule is O=C(O)c1ccccc1C(=O)OC(S)c1ccccc1. The molecule has 1 unspecified atom stereocenters. The molecule has 0 aromatic heterocycles. The van der Waals surface area contributed by atoms with Crippen LogP contribution in [0.5, 0.6) is 0 Å². The van der Waals surface area contributed by atoms with Crippen molar-refractivity contribution in [3.05, 3.63) is 71.3 Å². The lowest BCUT2D eigenvalue weighted by atomic mass is 10.1. The van der Waals surface area contributed by atoms with E-state index in [9.17, 15) is 9.59 Å². The van der Waals surface area contributed by atoms with Crippen molar-refractivity contribution in [2.75, 3.05) is 0 Å². The Morgan fingerprint density at radius 1 is 0.950 bits per heavy atom. The van der Waals surface area contributed by atoms with Crippen molar-refractivity contribution in [1.29, 1.82) is 0 Å². The lowest BCUT2D eigenvalue weighted by Gasteiger charge is -2.13. The van der Waals surface area contributed by atoms with E-state index < -0.39 is 17.4 Å². The van der Waals surface area contributed by atoms with Gasteiger partial charge in [0, 0.05) is 5.56 Å². The van der Waals surface area contributed by atoms with Gasteiger partial charge in [-0.05, 0) is 12.1 Å². The number of hydrogen-bond acceptors (Lipinski definition) is 4. The summed E-state index contributed by atoms with van der Waals surface area (Å²) in [5, 5.41) is 9.04. The molecule has 0 radical (unpaired) electrons. The Balaban J connectivity index is 2.19. The average Bonchev–Trinajstić information content (AvgIpc) is 2.48. The molecule has 1 N–H and O–H groups in total. The van der Waals surface area contributed by atoms with Crippen molar-refractivity contribution in [3.8, 4) is 0 Å². The number of hydrogen-bond donors (Lipinski definition) is 2. The molecule has 0 bridgehead atoms. The Kier molecular flexibility index (Phi) is 4.42. The van der Waals surface area contributed by atoms with Gasteiger partial charge in [-0.1, -0.05) is 42.5 Å². The summed E-state index contributed by atoms with van der Waals surface area (Å²) in [6.45, 7) is 0. The van der Waals surface area contributed by atoms with Crippen LogP contribution < -0.4 is 0 Å². The number of carbonyl (C=O) groups excluding carboxylic acids is 1. The van der Waals surface area contributed by atoms with Crippen molar-refractivity contribution in [2.24, 2.45) is 0 Å². The molecule has 0 heterocycles. The largest absolute Gasteiger partial charge is 0.478 e. The van der Waals surface area contributed by atoms with E-state index >= 15 is 0 Å². The third-order valence-electron chi connectivity index (χ3n) is 2.68. The Morgan fingerprint density at radius 3 is 2.10 bits per heavy atom. The molecule has 0 saturated heterocycles. The minimum Gasteiger partial charge on any atom is -0.478 e. The highest BCUT2D eigenvalue weighted by Gasteiger charge is 2.19. The molecule has 2 aromatic carbocycles. The first-order valence-corrected chi connectivity index (χ1v) is 6.37. The molecule has 0 saturated carbocycles. The van der Waals surface area contributed by atoms with E-state index in [1.807, 2.05) is 6.07 Å². The van der Waals surface area contributed by atoms with Gasteiger partial charge in [0.05, 0.1) is 11.1 Å². The smallest absolute Gasteiger partial charge is 0.340 e. The Bertz CT molecular complexity index is 625. The number of carboxylic acids is 1. The monoisotopic (exact) mass is 288 g/mol. The average molecular weight is 288 g/mol. The molecule has 0 aliphatic carbocycles. The van der Waals surface area contributed by atoms with Gasteiger partial charge in [0.1, 0.15) is 0 Å². The van der Waals surface area contributed by atoms with Crippen molar-refractivity contribution < 1.29 is 19.4 Å². The van der Waals surface area contributed by atoms with Crippen LogP contribution in [-0.4, -0.2) is 17.0 Å². The third kappa shape index (κ3) is 3.19. The quantitative estimate of drug-likeness (QED) is 0.515. The number of esters is 1. The zero-order chi connectivity index (χ0) is 14.5. The number of thiol groups is 1. The van der Waals surface area contributed by atoms with Crippen LogP contribution in [0.4, 0.5) is 0 Å². The normalized spacial score (nSPS) is 11.7. The number of carbonyl (C=O) groups is 2. The highest BCUT2D eigenvalue weighted by Crippen LogP contribution is 2.23. The van der Waals surface area contributed by atoms with Gasteiger partial charge in [0.25, 0.3) is 0 Å². The van der Waals surface area contributed by atoms with Crippen molar-refractivity contribution in [1.82, 2.24) is 0 Å². The van der Waals surface area contributed by atoms with Crippen molar-refractivity contribution >= 4 is 24.6 Å². The first-order valence-electron chi connectivity index (χ1n) is 5.86. The molecule has 102 valence electrons. The first kappa shape index (κ1) is 14.1. The fourth-order valence-electron chi connectivity index (χ4n) is 1.70. The fourth-order valence-corrected chi connectivity index (χ4v) is 1.97. The molecule has 2 aromatic rings. The summed E-state index contributed by atoms with van der Waals surface area (Å²) in [5.74, 6) is -1.89. The first-order chi connectivity index (χ1) is 9.59. The van der Waals surface area contributed by atoms with Gasteiger partial charge in [-0.15, -0.1) is 12.6 Å². The number of aromatic carboxylic acids is 1. The fraction of sp³-hybridized carbons (Fsp3) is 0.0667. The van der Waals surface area contributed by atoms with Crippen molar-refractivity contribution in [2.45, 2.75) is 5.44 Å². The molecule has 2 rings (SSSR count). The second-order valence-electron chi connectivity index (χ2n) is 4.02. The van der Waals surface area contributed by atoms with E-state index in [1.54, 1.807) is 36.4 Å². The minimum atomic E-state index is -1.17. The maximum Gasteiger partial charge on any atom is 0.340 e. The number of ether oxygens (including phenoxy) is 1. The summed E-state index contributed by atoms with van der Waals surface area (Å²) in [4.78, 5) is 23.1. The van der Waals surface area contributed by atoms with Gasteiger partial charge in [-0.2, -0.15) is 0 Å². The number of carboxylic acid groups (broad SMARTS) is 1. The maximum absolute atomic E-state index is 12.0. The second-order valence-corrected chi connectivity index (χ2v) is 4.49. The maximum atomic E-state index is 12.0. The molecule has 5 heteroatoms. The molecule has 0 spiro atoms. The minimum absolute atomic E-state index is 0.00924. The zero-order valence-electron chi connectivity index (χ0n) is 10.4. The molecule has 0 fully saturated rings. The standard InChI is InChI=1S/C15H12O4S/c16-13(17)11-8-4-5-9-12(11)14(18)19-15(20)10-6-2-1-3-7-10/h1-9,15,20H,(H,16,17). The highest BCUT2D eigenvalue weighted by molar-refractivity contribution is 7.80. The van der Waals surface area contributed by atoms with Gasteiger partial charge in [0.15, 0.2) is 5.44 Å². The summed E-state index contributed by atoms with van der Waals surface area (Å²) in [5.41, 5.74) is -0.108. The summed E-state index contributed by atoms with van der Waals surface area (Å²) in [6.07, 6.45) is 0. The van der Waals surface area contributed by atoms with Crippen LogP contribution in [0.2, 0.25) is 0 Å². The van der Waals surface area contributed by atoms with E-state index in [0.717, 1.165) is 5.56 Å². The van der Waals surface area contributed by atoms with E-state index in [4.69, 9.17) is 9.84 Å². The van der Waals surface area contributed by atoms with E-state index in [-0.39, 0.29) is 11.1 Å². The van der Waals surface area contributed by atoms with Crippen LogP contribution >= 0.6 is 12.6 Å². The van der Waals surface area contributed by atoms with Gasteiger partial charge < -0.3 is 9.84 Å². The predicted octanol–water partition coefficient (Wildman–Crippen LogP) is 3.17. The molecule has 0 aliphatic rings. The van der Waals surface area contributed by atoms with Gasteiger partial charge in [-0.25, -0.2) is 9.59 Å². The Hall–Kier alpha value is -2.27. The molecule has 4 nitrogen and oxygen atoms in total. The number of rotatable bonds is 4. The van der Waals surface area contributed by atoms with Gasteiger partial charge in [-0.3, -0.25) is 0 Å². The summed E-state index contributed by atoms with van der Waals surface area (Å²) in [6, 6.07) is 14.9. The summed E-state index contributed by atoms with van der Waals surface area (Å²) >= 11 is 4.20. The Morgan fingerprint density at radius 2 is 1.50 bits per heavy atom. The summed E-state index contributed by atoms with van der Waals surface area (Å²) < 4.78 is 5.18. The van der Waals surface area contributed by atoms with E-state index in [1.165, 1.54) is 12.1 Å². The van der Waals surface area contributed by atoms with Crippen LogP contribution in [0.1, 0.15) is 31.7 Å². The Labute approximate surface area is 121 Å². The molecule has 0 amide bonds. The predicted molar refractivity (Wildman–Crippen MR) is 77.0 cm³/mol. The van der Waals surface area contributed by atoms with Crippen molar-refractivity contribution in [3.63, 3.8) is 0 Å². The van der Waals surface area contributed by atoms with Gasteiger partial charge in [0.2, 0.25) is 0 Å². The molecular formula is C15H12O4S. The zero-order valence-corrected chi connectivity index (χ0v) is 11.3. The number of benzene rings is 2. The van der Waals surface area contributed by atoms with E-state index in [2.05, 4.69) is 12.6 Å². The van der Waals surface area contributed by atoms with E-state index in [0.29, 0.717) is 0 Å². The van der Waals surface area contributed by atoms with Crippen LogP contribution in [0, 0.1) is 0 Å². The summed E-state index contributed by atoms with van der Waals surface area (Å²) in [7, 11) is 0. The lowest BCUT2D eigenvalue weighted by Crippen LogP contribution is -2.12. The molecule has 1 atom stereocenters.